The van der Waals surface area contributed by atoms with E-state index in [9.17, 15) is 0 Å². The van der Waals surface area contributed by atoms with Crippen molar-refractivity contribution in [1.82, 2.24) is 0 Å². The van der Waals surface area contributed by atoms with Crippen molar-refractivity contribution in [2.45, 2.75) is 84.5 Å². The molecule has 0 aromatic carbocycles. The number of unbranched alkanes of at least 4 members (excludes halogenated alkanes) is 9. The van der Waals surface area contributed by atoms with Gasteiger partial charge in [0.15, 0.2) is 0 Å². The standard InChI is InChI=1S/C15H31N/c1-3-5-6-7-8-9-10-11-12-13-14-15(16)4-2/h4H,3,5-14,16H2,1-2H3/b15-4-. The Kier molecular flexibility index (Phi) is 12.2. The third-order valence-corrected chi connectivity index (χ3v) is 3.19. The summed E-state index contributed by atoms with van der Waals surface area (Å²) in [6.45, 7) is 4.29. The molecule has 0 unspecified atom stereocenters. The summed E-state index contributed by atoms with van der Waals surface area (Å²) in [5.41, 5.74) is 6.80. The maximum absolute atomic E-state index is 5.74. The number of nitrogens with two attached hydrogens (primary N) is 1. The van der Waals surface area contributed by atoms with Crippen molar-refractivity contribution in [3.8, 4) is 0 Å². The van der Waals surface area contributed by atoms with Crippen LogP contribution in [0.15, 0.2) is 11.8 Å². The van der Waals surface area contributed by atoms with E-state index in [0.29, 0.717) is 0 Å². The molecule has 0 aromatic heterocycles. The Hall–Kier alpha value is -0.460. The Balaban J connectivity index is 2.99. The first-order chi connectivity index (χ1) is 7.81. The molecule has 0 fully saturated rings. The van der Waals surface area contributed by atoms with Gasteiger partial charge >= 0.3 is 0 Å². The van der Waals surface area contributed by atoms with Crippen LogP contribution in [0.5, 0.6) is 0 Å². The summed E-state index contributed by atoms with van der Waals surface area (Å²) in [5.74, 6) is 0. The van der Waals surface area contributed by atoms with Crippen molar-refractivity contribution in [3.05, 3.63) is 11.8 Å². The number of hydrogen-bond donors (Lipinski definition) is 1. The summed E-state index contributed by atoms with van der Waals surface area (Å²) in [6.07, 6.45) is 17.1. The van der Waals surface area contributed by atoms with Gasteiger partial charge < -0.3 is 5.73 Å². The highest BCUT2D eigenvalue weighted by molar-refractivity contribution is 4.92. The van der Waals surface area contributed by atoms with E-state index in [0.717, 1.165) is 12.1 Å². The second-order valence-electron chi connectivity index (χ2n) is 4.80. The van der Waals surface area contributed by atoms with Crippen molar-refractivity contribution in [2.24, 2.45) is 5.73 Å². The molecule has 0 saturated heterocycles. The van der Waals surface area contributed by atoms with Crippen molar-refractivity contribution < 1.29 is 0 Å². The normalized spacial score (nSPS) is 12.0. The second-order valence-corrected chi connectivity index (χ2v) is 4.80. The fourth-order valence-electron chi connectivity index (χ4n) is 1.96. The lowest BCUT2D eigenvalue weighted by Gasteiger charge is -2.02. The van der Waals surface area contributed by atoms with Crippen LogP contribution in [0.25, 0.3) is 0 Å². The summed E-state index contributed by atoms with van der Waals surface area (Å²) in [6, 6.07) is 0. The van der Waals surface area contributed by atoms with Crippen molar-refractivity contribution in [2.75, 3.05) is 0 Å². The first-order valence-electron chi connectivity index (χ1n) is 7.22. The average molecular weight is 225 g/mol. The minimum atomic E-state index is 1.06. The Bertz CT molecular complexity index is 161. The number of rotatable bonds is 11. The molecule has 0 rings (SSSR count). The highest BCUT2D eigenvalue weighted by atomic mass is 14.6. The zero-order valence-electron chi connectivity index (χ0n) is 11.4. The van der Waals surface area contributed by atoms with Gasteiger partial charge in [0.05, 0.1) is 0 Å². The molecule has 96 valence electrons. The fraction of sp³-hybridized carbons (Fsp3) is 0.867. The van der Waals surface area contributed by atoms with Crippen LogP contribution in [-0.2, 0) is 0 Å². The lowest BCUT2D eigenvalue weighted by atomic mass is 10.1. The molecule has 0 spiro atoms. The monoisotopic (exact) mass is 225 g/mol. The van der Waals surface area contributed by atoms with Gasteiger partial charge in [-0.2, -0.15) is 0 Å². The van der Waals surface area contributed by atoms with E-state index in [1.807, 2.05) is 13.0 Å². The van der Waals surface area contributed by atoms with Crippen LogP contribution >= 0.6 is 0 Å². The largest absolute Gasteiger partial charge is 0.402 e. The van der Waals surface area contributed by atoms with Gasteiger partial charge in [-0.3, -0.25) is 0 Å². The van der Waals surface area contributed by atoms with Gasteiger partial charge in [-0.15, -0.1) is 0 Å². The maximum atomic E-state index is 5.74. The summed E-state index contributed by atoms with van der Waals surface area (Å²) in [5, 5.41) is 0. The highest BCUT2D eigenvalue weighted by Gasteiger charge is 1.93. The Morgan fingerprint density at radius 3 is 1.69 bits per heavy atom. The Morgan fingerprint density at radius 1 is 0.812 bits per heavy atom. The molecule has 2 N–H and O–H groups in total. The van der Waals surface area contributed by atoms with E-state index in [1.165, 1.54) is 64.2 Å². The summed E-state index contributed by atoms with van der Waals surface area (Å²) < 4.78 is 0. The number of hydrogen-bond acceptors (Lipinski definition) is 1. The van der Waals surface area contributed by atoms with Gasteiger partial charge in [0.2, 0.25) is 0 Å². The molecule has 0 amide bonds. The van der Waals surface area contributed by atoms with E-state index in [-0.39, 0.29) is 0 Å². The van der Waals surface area contributed by atoms with E-state index in [2.05, 4.69) is 6.92 Å². The van der Waals surface area contributed by atoms with Crippen LogP contribution in [0.3, 0.4) is 0 Å². The van der Waals surface area contributed by atoms with Gasteiger partial charge in [0, 0.05) is 5.70 Å². The SMILES string of the molecule is C/C=C(\N)CCCCCCCCCCCC. The minimum Gasteiger partial charge on any atom is -0.402 e. The molecule has 1 nitrogen and oxygen atoms in total. The second kappa shape index (κ2) is 12.6. The highest BCUT2D eigenvalue weighted by Crippen LogP contribution is 2.12. The molecule has 0 aliphatic heterocycles. The van der Waals surface area contributed by atoms with Crippen LogP contribution < -0.4 is 5.73 Å². The predicted octanol–water partition coefficient (Wildman–Crippen LogP) is 5.16. The van der Waals surface area contributed by atoms with Gasteiger partial charge in [-0.05, 0) is 19.8 Å². The van der Waals surface area contributed by atoms with Crippen LogP contribution in [0.4, 0.5) is 0 Å². The van der Waals surface area contributed by atoms with Crippen LogP contribution in [0.1, 0.15) is 84.5 Å². The molecular weight excluding hydrogens is 194 g/mol. The average Bonchev–Trinajstić information content (AvgIpc) is 2.31. The third kappa shape index (κ3) is 11.6. The Labute approximate surface area is 102 Å². The first-order valence-corrected chi connectivity index (χ1v) is 7.22. The molecule has 0 bridgehead atoms. The van der Waals surface area contributed by atoms with Gasteiger partial charge in [0.1, 0.15) is 0 Å². The van der Waals surface area contributed by atoms with Crippen molar-refractivity contribution >= 4 is 0 Å². The van der Waals surface area contributed by atoms with E-state index in [4.69, 9.17) is 5.73 Å². The molecule has 1 heteroatoms. The molecule has 0 heterocycles. The van der Waals surface area contributed by atoms with E-state index < -0.39 is 0 Å². The van der Waals surface area contributed by atoms with E-state index >= 15 is 0 Å². The zero-order chi connectivity index (χ0) is 12.1. The molecule has 16 heavy (non-hydrogen) atoms. The molecule has 0 radical (unpaired) electrons. The van der Waals surface area contributed by atoms with Crippen molar-refractivity contribution in [1.29, 1.82) is 0 Å². The van der Waals surface area contributed by atoms with Crippen LogP contribution in [0, 0.1) is 0 Å². The fourth-order valence-corrected chi connectivity index (χ4v) is 1.96. The maximum Gasteiger partial charge on any atom is 0.00371 e. The zero-order valence-corrected chi connectivity index (χ0v) is 11.4. The van der Waals surface area contributed by atoms with Crippen LogP contribution in [0.2, 0.25) is 0 Å². The lowest BCUT2D eigenvalue weighted by molar-refractivity contribution is 0.555. The van der Waals surface area contributed by atoms with E-state index in [1.54, 1.807) is 0 Å². The Morgan fingerprint density at radius 2 is 1.25 bits per heavy atom. The first kappa shape index (κ1) is 15.5. The van der Waals surface area contributed by atoms with Crippen LogP contribution in [-0.4, -0.2) is 0 Å². The smallest absolute Gasteiger partial charge is 0.00371 e. The topological polar surface area (TPSA) is 26.0 Å². The summed E-state index contributed by atoms with van der Waals surface area (Å²) >= 11 is 0. The van der Waals surface area contributed by atoms with Gasteiger partial charge in [-0.1, -0.05) is 70.8 Å². The summed E-state index contributed by atoms with van der Waals surface area (Å²) in [4.78, 5) is 0. The molecule has 0 aliphatic carbocycles. The molecule has 0 atom stereocenters. The quantitative estimate of drug-likeness (QED) is 0.483. The van der Waals surface area contributed by atoms with Gasteiger partial charge in [-0.25, -0.2) is 0 Å². The lowest BCUT2D eigenvalue weighted by Crippen LogP contribution is -1.95. The molecule has 0 aromatic rings. The summed E-state index contributed by atoms with van der Waals surface area (Å²) in [7, 11) is 0. The van der Waals surface area contributed by atoms with Gasteiger partial charge in [0.25, 0.3) is 0 Å². The van der Waals surface area contributed by atoms with Crippen molar-refractivity contribution in [3.63, 3.8) is 0 Å². The third-order valence-electron chi connectivity index (χ3n) is 3.19. The minimum absolute atomic E-state index is 1.06. The molecule has 0 aliphatic rings. The molecular formula is C15H31N. The molecule has 0 saturated carbocycles. The predicted molar refractivity (Wildman–Crippen MR) is 74.4 cm³/mol. The number of allylic oxidation sites excluding steroid dienone is 2.